The topological polar surface area (TPSA) is 32.3 Å². The number of hydrogen-bond acceptors (Lipinski definition) is 3. The molecule has 1 atom stereocenters. The zero-order valence-electron chi connectivity index (χ0n) is 9.55. The Hall–Kier alpha value is 0.270. The van der Waals surface area contributed by atoms with Crippen LogP contribution in [0.1, 0.15) is 33.6 Å². The van der Waals surface area contributed by atoms with Gasteiger partial charge in [-0.05, 0) is 31.4 Å². The molecule has 0 aromatic carbocycles. The van der Waals surface area contributed by atoms with Gasteiger partial charge in [0.15, 0.2) is 0 Å². The molecule has 1 fully saturated rings. The molecular formula is C11H23NOS. The Balaban J connectivity index is 2.07. The Labute approximate surface area is 91.9 Å². The minimum Gasteiger partial charge on any atom is -0.394 e. The molecule has 1 aliphatic carbocycles. The van der Waals surface area contributed by atoms with Crippen molar-refractivity contribution in [2.24, 2.45) is 5.92 Å². The van der Waals surface area contributed by atoms with Gasteiger partial charge in [0.25, 0.3) is 0 Å². The van der Waals surface area contributed by atoms with Crippen molar-refractivity contribution in [1.82, 2.24) is 5.32 Å². The van der Waals surface area contributed by atoms with Gasteiger partial charge in [-0.3, -0.25) is 0 Å². The molecule has 0 spiro atoms. The predicted octanol–water partition coefficient (Wildman–Crippen LogP) is 1.88. The van der Waals surface area contributed by atoms with Crippen LogP contribution in [0.2, 0.25) is 0 Å². The maximum absolute atomic E-state index is 9.15. The summed E-state index contributed by atoms with van der Waals surface area (Å²) < 4.78 is 0. The maximum Gasteiger partial charge on any atom is 0.0613 e. The second-order valence-corrected chi connectivity index (χ2v) is 5.99. The van der Waals surface area contributed by atoms with E-state index in [1.54, 1.807) is 0 Å². The summed E-state index contributed by atoms with van der Waals surface area (Å²) in [7, 11) is 0. The second-order valence-electron chi connectivity index (χ2n) is 4.92. The number of aliphatic hydroxyl groups is 1. The molecule has 3 heteroatoms. The average Bonchev–Trinajstić information content (AvgIpc) is 2.85. The largest absolute Gasteiger partial charge is 0.394 e. The highest BCUT2D eigenvalue weighted by molar-refractivity contribution is 7.99. The molecule has 0 saturated heterocycles. The fraction of sp³-hybridized carbons (Fsp3) is 1.00. The molecule has 14 heavy (non-hydrogen) atoms. The van der Waals surface area contributed by atoms with E-state index in [-0.39, 0.29) is 5.54 Å². The first-order chi connectivity index (χ1) is 6.58. The van der Waals surface area contributed by atoms with Crippen LogP contribution >= 0.6 is 11.8 Å². The van der Waals surface area contributed by atoms with Crippen LogP contribution in [0.5, 0.6) is 0 Å². The summed E-state index contributed by atoms with van der Waals surface area (Å²) in [5.41, 5.74) is 0.0950. The lowest BCUT2D eigenvalue weighted by atomic mass is 10.2. The predicted molar refractivity (Wildman–Crippen MR) is 63.8 cm³/mol. The molecule has 1 rings (SSSR count). The molecule has 0 bridgehead atoms. The summed E-state index contributed by atoms with van der Waals surface area (Å²) in [5, 5.41) is 12.7. The van der Waals surface area contributed by atoms with Crippen LogP contribution < -0.4 is 5.32 Å². The molecule has 1 saturated carbocycles. The average molecular weight is 217 g/mol. The van der Waals surface area contributed by atoms with Crippen molar-refractivity contribution in [3.05, 3.63) is 0 Å². The fourth-order valence-corrected chi connectivity index (χ4v) is 2.59. The third kappa shape index (κ3) is 4.20. The van der Waals surface area contributed by atoms with Crippen LogP contribution in [0.15, 0.2) is 0 Å². The molecule has 1 aliphatic rings. The minimum atomic E-state index is 0.0950. The van der Waals surface area contributed by atoms with E-state index in [0.29, 0.717) is 12.6 Å². The molecule has 2 nitrogen and oxygen atoms in total. The number of hydrogen-bond donors (Lipinski definition) is 2. The summed E-state index contributed by atoms with van der Waals surface area (Å²) in [6.07, 6.45) is 2.28. The third-order valence-corrected chi connectivity index (χ3v) is 4.17. The smallest absolute Gasteiger partial charge is 0.0613 e. The zero-order valence-corrected chi connectivity index (χ0v) is 10.4. The van der Waals surface area contributed by atoms with Crippen LogP contribution in [-0.4, -0.2) is 34.8 Å². The van der Waals surface area contributed by atoms with Gasteiger partial charge in [-0.25, -0.2) is 0 Å². The van der Waals surface area contributed by atoms with E-state index >= 15 is 0 Å². The van der Waals surface area contributed by atoms with E-state index in [2.05, 4.69) is 26.1 Å². The van der Waals surface area contributed by atoms with Gasteiger partial charge in [0.2, 0.25) is 0 Å². The Bertz CT molecular complexity index is 169. The lowest BCUT2D eigenvalue weighted by Gasteiger charge is -2.20. The van der Waals surface area contributed by atoms with Crippen LogP contribution in [0.4, 0.5) is 0 Å². The van der Waals surface area contributed by atoms with E-state index in [0.717, 1.165) is 24.5 Å². The number of rotatable bonds is 7. The maximum atomic E-state index is 9.15. The van der Waals surface area contributed by atoms with Crippen molar-refractivity contribution in [2.75, 3.05) is 18.1 Å². The highest BCUT2D eigenvalue weighted by atomic mass is 32.2. The first-order valence-electron chi connectivity index (χ1n) is 5.54. The lowest BCUT2D eigenvalue weighted by Crippen LogP contribution is -2.42. The van der Waals surface area contributed by atoms with Crippen LogP contribution in [-0.2, 0) is 0 Å². The Morgan fingerprint density at radius 3 is 2.36 bits per heavy atom. The lowest BCUT2D eigenvalue weighted by molar-refractivity contribution is 0.223. The molecule has 0 radical (unpaired) electrons. The Morgan fingerprint density at radius 1 is 1.29 bits per heavy atom. The Kier molecular flexibility index (Phi) is 4.74. The summed E-state index contributed by atoms with van der Waals surface area (Å²) in [6.45, 7) is 7.01. The van der Waals surface area contributed by atoms with Crippen LogP contribution in [0.3, 0.4) is 0 Å². The van der Waals surface area contributed by atoms with Crippen molar-refractivity contribution in [3.63, 3.8) is 0 Å². The minimum absolute atomic E-state index is 0.0950. The molecule has 0 aromatic heterocycles. The SMILES string of the molecule is CC(C)CSCC(C)NC1(CO)CC1. The molecule has 84 valence electrons. The molecule has 0 aromatic rings. The molecule has 0 amide bonds. The zero-order chi connectivity index (χ0) is 10.6. The number of thioether (sulfide) groups is 1. The van der Waals surface area contributed by atoms with Gasteiger partial charge in [-0.15, -0.1) is 0 Å². The van der Waals surface area contributed by atoms with Crippen molar-refractivity contribution in [3.8, 4) is 0 Å². The van der Waals surface area contributed by atoms with Crippen LogP contribution in [0, 0.1) is 5.92 Å². The first-order valence-corrected chi connectivity index (χ1v) is 6.70. The van der Waals surface area contributed by atoms with E-state index in [4.69, 9.17) is 5.11 Å². The molecular weight excluding hydrogens is 194 g/mol. The van der Waals surface area contributed by atoms with Crippen molar-refractivity contribution in [2.45, 2.75) is 45.2 Å². The van der Waals surface area contributed by atoms with Gasteiger partial charge in [-0.2, -0.15) is 11.8 Å². The van der Waals surface area contributed by atoms with Gasteiger partial charge in [-0.1, -0.05) is 13.8 Å². The number of aliphatic hydroxyl groups excluding tert-OH is 1. The first kappa shape index (κ1) is 12.3. The highest BCUT2D eigenvalue weighted by Gasteiger charge is 2.42. The molecule has 1 unspecified atom stereocenters. The standard InChI is InChI=1S/C11H23NOS/c1-9(2)6-14-7-10(3)12-11(8-13)4-5-11/h9-10,12-13H,4-8H2,1-3H3. The second kappa shape index (κ2) is 5.38. The van der Waals surface area contributed by atoms with Crippen LogP contribution in [0.25, 0.3) is 0 Å². The fourth-order valence-electron chi connectivity index (χ4n) is 1.54. The van der Waals surface area contributed by atoms with Gasteiger partial charge >= 0.3 is 0 Å². The Morgan fingerprint density at radius 2 is 1.93 bits per heavy atom. The summed E-state index contributed by atoms with van der Waals surface area (Å²) in [6, 6.07) is 0.522. The van der Waals surface area contributed by atoms with Crippen molar-refractivity contribution >= 4 is 11.8 Å². The summed E-state index contributed by atoms with van der Waals surface area (Å²) >= 11 is 2.00. The van der Waals surface area contributed by atoms with E-state index in [1.165, 1.54) is 5.75 Å². The molecule has 0 heterocycles. The highest BCUT2D eigenvalue weighted by Crippen LogP contribution is 2.35. The van der Waals surface area contributed by atoms with Gasteiger partial charge in [0, 0.05) is 17.3 Å². The quantitative estimate of drug-likeness (QED) is 0.683. The third-order valence-electron chi connectivity index (χ3n) is 2.53. The summed E-state index contributed by atoms with van der Waals surface area (Å²) in [5.74, 6) is 3.16. The van der Waals surface area contributed by atoms with Gasteiger partial charge < -0.3 is 10.4 Å². The summed E-state index contributed by atoms with van der Waals surface area (Å²) in [4.78, 5) is 0. The van der Waals surface area contributed by atoms with E-state index in [9.17, 15) is 0 Å². The normalized spacial score (nSPS) is 21.2. The van der Waals surface area contributed by atoms with Crippen molar-refractivity contribution in [1.29, 1.82) is 0 Å². The van der Waals surface area contributed by atoms with E-state index < -0.39 is 0 Å². The molecule has 0 aliphatic heterocycles. The molecule has 2 N–H and O–H groups in total. The van der Waals surface area contributed by atoms with Crippen molar-refractivity contribution < 1.29 is 5.11 Å². The number of nitrogens with one attached hydrogen (secondary N) is 1. The van der Waals surface area contributed by atoms with E-state index in [1.807, 2.05) is 11.8 Å². The van der Waals surface area contributed by atoms with Gasteiger partial charge in [0.1, 0.15) is 0 Å². The monoisotopic (exact) mass is 217 g/mol. The van der Waals surface area contributed by atoms with Gasteiger partial charge in [0.05, 0.1) is 6.61 Å².